The number of nitrogens with zero attached hydrogens (tertiary/aromatic N) is 4. The summed E-state index contributed by atoms with van der Waals surface area (Å²) in [5, 5.41) is 4.22. The summed E-state index contributed by atoms with van der Waals surface area (Å²) in [5.41, 5.74) is -0.697. The maximum absolute atomic E-state index is 11.6. The quantitative estimate of drug-likeness (QED) is 0.849. The van der Waals surface area contributed by atoms with Crippen molar-refractivity contribution in [3.63, 3.8) is 0 Å². The van der Waals surface area contributed by atoms with Gasteiger partial charge in [-0.2, -0.15) is 5.10 Å². The first-order valence-electron chi connectivity index (χ1n) is 5.79. The van der Waals surface area contributed by atoms with Gasteiger partial charge in [-0.15, -0.1) is 0 Å². The lowest BCUT2D eigenvalue weighted by atomic mass is 10.1. The summed E-state index contributed by atoms with van der Waals surface area (Å²) < 4.78 is 3.86. The summed E-state index contributed by atoms with van der Waals surface area (Å²) in [6, 6.07) is 1.70. The third-order valence-corrected chi connectivity index (χ3v) is 3.69. The van der Waals surface area contributed by atoms with Crippen molar-refractivity contribution in [1.29, 1.82) is 0 Å². The topological polar surface area (TPSA) is 75.9 Å². The molecule has 1 aliphatic rings. The maximum atomic E-state index is 11.6. The van der Waals surface area contributed by atoms with Gasteiger partial charge < -0.3 is 4.90 Å². The zero-order chi connectivity index (χ0) is 13.6. The van der Waals surface area contributed by atoms with Crippen LogP contribution in [0.2, 0.25) is 0 Å². The number of halogens is 1. The van der Waals surface area contributed by atoms with E-state index in [9.17, 15) is 9.59 Å². The normalized spacial score (nSPS) is 15.6. The van der Waals surface area contributed by atoms with Crippen LogP contribution in [0.25, 0.3) is 0 Å². The predicted molar refractivity (Wildman–Crippen MR) is 73.5 cm³/mol. The minimum atomic E-state index is -0.396. The van der Waals surface area contributed by atoms with Crippen LogP contribution in [0.1, 0.15) is 6.04 Å². The van der Waals surface area contributed by atoms with Gasteiger partial charge in [-0.05, 0) is 15.9 Å². The molecule has 2 aromatic heterocycles. The number of H-pyrrole nitrogens is 1. The molecule has 0 unspecified atom stereocenters. The van der Waals surface area contributed by atoms with Crippen LogP contribution in [0.5, 0.6) is 0 Å². The molecule has 0 atom stereocenters. The average molecular weight is 326 g/mol. The van der Waals surface area contributed by atoms with E-state index in [0.29, 0.717) is 5.82 Å². The van der Waals surface area contributed by atoms with Crippen LogP contribution in [0.3, 0.4) is 0 Å². The van der Waals surface area contributed by atoms with Crippen molar-refractivity contribution < 1.29 is 0 Å². The lowest BCUT2D eigenvalue weighted by molar-refractivity contribution is 0.365. The first kappa shape index (κ1) is 12.2. The van der Waals surface area contributed by atoms with E-state index in [1.807, 2.05) is 15.8 Å². The van der Waals surface area contributed by atoms with Gasteiger partial charge in [-0.1, -0.05) is 0 Å². The van der Waals surface area contributed by atoms with Crippen LogP contribution < -0.4 is 16.1 Å². The Labute approximate surface area is 116 Å². The van der Waals surface area contributed by atoms with Crippen LogP contribution in [0.4, 0.5) is 5.82 Å². The molecule has 0 aromatic carbocycles. The predicted octanol–water partition coefficient (Wildman–Crippen LogP) is 0.0939. The molecule has 8 heteroatoms. The minimum Gasteiger partial charge on any atom is -0.353 e. The Morgan fingerprint density at radius 3 is 2.74 bits per heavy atom. The van der Waals surface area contributed by atoms with Gasteiger partial charge in [-0.25, -0.2) is 4.79 Å². The molecule has 100 valence electrons. The summed E-state index contributed by atoms with van der Waals surface area (Å²) >= 11 is 3.35. The van der Waals surface area contributed by atoms with E-state index < -0.39 is 5.69 Å². The van der Waals surface area contributed by atoms with Gasteiger partial charge in [0.2, 0.25) is 0 Å². The van der Waals surface area contributed by atoms with Gasteiger partial charge in [0.15, 0.2) is 0 Å². The SMILES string of the molecule is Cn1c(=O)cc(N2CC(n3cc(Br)cn3)C2)[nH]c1=O. The summed E-state index contributed by atoms with van der Waals surface area (Å²) in [7, 11) is 1.45. The fourth-order valence-corrected chi connectivity index (χ4v) is 2.35. The standard InChI is InChI=1S/C11H12BrN5O2/c1-15-10(18)2-9(14-11(15)19)16-5-8(6-16)17-4-7(12)3-13-17/h2-4,8H,5-6H2,1H3,(H,14,19). The molecule has 0 saturated carbocycles. The van der Waals surface area contributed by atoms with Crippen molar-refractivity contribution >= 4 is 21.7 Å². The van der Waals surface area contributed by atoms with Crippen molar-refractivity contribution in [3.05, 3.63) is 43.8 Å². The fourth-order valence-electron chi connectivity index (χ4n) is 2.05. The fraction of sp³-hybridized carbons (Fsp3) is 0.364. The molecule has 1 N–H and O–H groups in total. The minimum absolute atomic E-state index is 0.263. The number of anilines is 1. The molecule has 2 aromatic rings. The zero-order valence-electron chi connectivity index (χ0n) is 10.2. The van der Waals surface area contributed by atoms with Gasteiger partial charge >= 0.3 is 5.69 Å². The Hall–Kier alpha value is -1.83. The van der Waals surface area contributed by atoms with E-state index in [1.165, 1.54) is 13.1 Å². The lowest BCUT2D eigenvalue weighted by Gasteiger charge is -2.40. The first-order chi connectivity index (χ1) is 9.04. The van der Waals surface area contributed by atoms with Gasteiger partial charge in [-0.3, -0.25) is 19.0 Å². The third kappa shape index (κ3) is 2.12. The molecule has 1 aliphatic heterocycles. The van der Waals surface area contributed by atoms with Crippen LogP contribution in [-0.4, -0.2) is 32.4 Å². The van der Waals surface area contributed by atoms with Gasteiger partial charge in [0.25, 0.3) is 5.56 Å². The molecule has 7 nitrogen and oxygen atoms in total. The Bertz CT molecular complexity index is 694. The largest absolute Gasteiger partial charge is 0.353 e. The van der Waals surface area contributed by atoms with Crippen LogP contribution in [0, 0.1) is 0 Å². The number of nitrogens with one attached hydrogen (secondary N) is 1. The molecular formula is C11H12BrN5O2. The van der Waals surface area contributed by atoms with E-state index in [0.717, 1.165) is 22.1 Å². The second kappa shape index (κ2) is 4.37. The lowest BCUT2D eigenvalue weighted by Crippen LogP contribution is -2.49. The molecule has 0 radical (unpaired) electrons. The van der Waals surface area contributed by atoms with Crippen molar-refractivity contribution in [2.45, 2.75) is 6.04 Å². The molecular weight excluding hydrogens is 314 g/mol. The molecule has 3 heterocycles. The monoisotopic (exact) mass is 325 g/mol. The van der Waals surface area contributed by atoms with E-state index in [4.69, 9.17) is 0 Å². The molecule has 0 amide bonds. The molecule has 19 heavy (non-hydrogen) atoms. The van der Waals surface area contributed by atoms with Gasteiger partial charge in [0.05, 0.1) is 16.7 Å². The van der Waals surface area contributed by atoms with Crippen molar-refractivity contribution in [1.82, 2.24) is 19.3 Å². The number of aromatic amines is 1. The second-order valence-corrected chi connectivity index (χ2v) is 5.47. The molecule has 0 bridgehead atoms. The number of hydrogen-bond donors (Lipinski definition) is 1. The van der Waals surface area contributed by atoms with Crippen LogP contribution in [0.15, 0.2) is 32.5 Å². The van der Waals surface area contributed by atoms with Crippen molar-refractivity contribution in [2.24, 2.45) is 7.05 Å². The second-order valence-electron chi connectivity index (χ2n) is 4.55. The Morgan fingerprint density at radius 1 is 1.42 bits per heavy atom. The van der Waals surface area contributed by atoms with Crippen LogP contribution in [-0.2, 0) is 7.05 Å². The molecule has 1 saturated heterocycles. The first-order valence-corrected chi connectivity index (χ1v) is 6.59. The van der Waals surface area contributed by atoms with E-state index in [-0.39, 0.29) is 11.6 Å². The average Bonchev–Trinajstić information content (AvgIpc) is 2.70. The van der Waals surface area contributed by atoms with Crippen molar-refractivity contribution in [2.75, 3.05) is 18.0 Å². The summed E-state index contributed by atoms with van der Waals surface area (Å²) in [4.78, 5) is 27.7. The number of hydrogen-bond acceptors (Lipinski definition) is 4. The molecule has 0 aliphatic carbocycles. The Kier molecular flexibility index (Phi) is 2.81. The molecule has 0 spiro atoms. The highest BCUT2D eigenvalue weighted by Gasteiger charge is 2.29. The van der Waals surface area contributed by atoms with Crippen LogP contribution >= 0.6 is 15.9 Å². The smallest absolute Gasteiger partial charge is 0.329 e. The van der Waals surface area contributed by atoms with E-state index in [1.54, 1.807) is 6.20 Å². The highest BCUT2D eigenvalue weighted by Crippen LogP contribution is 2.25. The Morgan fingerprint density at radius 2 is 2.16 bits per heavy atom. The summed E-state index contributed by atoms with van der Waals surface area (Å²) in [5.74, 6) is 0.565. The zero-order valence-corrected chi connectivity index (χ0v) is 11.8. The molecule has 1 fully saturated rings. The summed E-state index contributed by atoms with van der Waals surface area (Å²) in [6.45, 7) is 1.44. The number of aromatic nitrogens is 4. The Balaban J connectivity index is 1.78. The van der Waals surface area contributed by atoms with E-state index in [2.05, 4.69) is 26.0 Å². The summed E-state index contributed by atoms with van der Waals surface area (Å²) in [6.07, 6.45) is 3.65. The third-order valence-electron chi connectivity index (χ3n) is 3.28. The van der Waals surface area contributed by atoms with E-state index >= 15 is 0 Å². The highest BCUT2D eigenvalue weighted by molar-refractivity contribution is 9.10. The molecule has 3 rings (SSSR count). The maximum Gasteiger partial charge on any atom is 0.329 e. The van der Waals surface area contributed by atoms with Gasteiger partial charge in [0, 0.05) is 32.4 Å². The van der Waals surface area contributed by atoms with Crippen molar-refractivity contribution in [3.8, 4) is 0 Å². The number of rotatable bonds is 2. The van der Waals surface area contributed by atoms with Gasteiger partial charge in [0.1, 0.15) is 5.82 Å². The highest BCUT2D eigenvalue weighted by atomic mass is 79.9.